The molecule has 2 aromatic heterocycles. The third-order valence-corrected chi connectivity index (χ3v) is 7.16. The van der Waals surface area contributed by atoms with Crippen LogP contribution in [0.4, 0.5) is 16.8 Å². The number of anilines is 3. The van der Waals surface area contributed by atoms with Crippen molar-refractivity contribution < 1.29 is 0 Å². The van der Waals surface area contributed by atoms with Gasteiger partial charge >= 0.3 is 0 Å². The normalized spacial score (nSPS) is 22.5. The number of likely N-dealkylation sites (tertiary alicyclic amines) is 1. The van der Waals surface area contributed by atoms with E-state index in [1.54, 1.807) is 0 Å². The van der Waals surface area contributed by atoms with Gasteiger partial charge < -0.3 is 10.2 Å². The van der Waals surface area contributed by atoms with E-state index in [-0.39, 0.29) is 0 Å². The van der Waals surface area contributed by atoms with E-state index in [0.717, 1.165) is 41.1 Å². The molecule has 1 aliphatic carbocycles. The van der Waals surface area contributed by atoms with Crippen molar-refractivity contribution in [2.75, 3.05) is 36.4 Å². The van der Waals surface area contributed by atoms with Crippen molar-refractivity contribution in [3.05, 3.63) is 23.5 Å². The summed E-state index contributed by atoms with van der Waals surface area (Å²) >= 11 is 1.45. The maximum absolute atomic E-state index is 4.85. The van der Waals surface area contributed by atoms with E-state index in [9.17, 15) is 0 Å². The van der Waals surface area contributed by atoms with Gasteiger partial charge in [-0.2, -0.15) is 9.36 Å². The molecular weight excluding hydrogens is 356 g/mol. The van der Waals surface area contributed by atoms with E-state index in [1.807, 2.05) is 19.2 Å². The molecular formula is C20H28N6S. The Kier molecular flexibility index (Phi) is 4.31. The second-order valence-electron chi connectivity index (χ2n) is 8.44. The molecule has 2 aliphatic heterocycles. The molecule has 1 N–H and O–H groups in total. The van der Waals surface area contributed by atoms with Crippen molar-refractivity contribution in [2.24, 2.45) is 5.92 Å². The minimum atomic E-state index is 0.403. The molecule has 0 atom stereocenters. The number of rotatable bonds is 5. The molecule has 144 valence electrons. The average molecular weight is 385 g/mol. The minimum Gasteiger partial charge on any atom is -0.352 e. The zero-order valence-electron chi connectivity index (χ0n) is 16.2. The SMILES string of the molecule is Cc1cc(Nc2ncc(C)c(N3CC(C4CC4)(N4CCCCC4)C3)n2)sn1. The zero-order chi connectivity index (χ0) is 18.4. The number of nitrogens with one attached hydrogen (secondary N) is 1. The lowest BCUT2D eigenvalue weighted by atomic mass is 9.81. The summed E-state index contributed by atoms with van der Waals surface area (Å²) < 4.78 is 4.32. The summed E-state index contributed by atoms with van der Waals surface area (Å²) in [4.78, 5) is 14.6. The fraction of sp³-hybridized carbons (Fsp3) is 0.650. The molecule has 0 radical (unpaired) electrons. The average Bonchev–Trinajstić information content (AvgIpc) is 3.40. The first-order valence-electron chi connectivity index (χ1n) is 10.2. The van der Waals surface area contributed by atoms with Gasteiger partial charge in [0.2, 0.25) is 5.95 Å². The molecule has 3 fully saturated rings. The van der Waals surface area contributed by atoms with E-state index in [4.69, 9.17) is 4.98 Å². The Morgan fingerprint density at radius 2 is 1.93 bits per heavy atom. The highest BCUT2D eigenvalue weighted by atomic mass is 32.1. The van der Waals surface area contributed by atoms with Gasteiger partial charge in [-0.3, -0.25) is 4.90 Å². The summed E-state index contributed by atoms with van der Waals surface area (Å²) in [6, 6.07) is 2.03. The van der Waals surface area contributed by atoms with Gasteiger partial charge in [0.15, 0.2) is 0 Å². The lowest BCUT2D eigenvalue weighted by Gasteiger charge is -2.58. The highest BCUT2D eigenvalue weighted by Crippen LogP contribution is 2.50. The van der Waals surface area contributed by atoms with Crippen LogP contribution in [0, 0.1) is 19.8 Å². The van der Waals surface area contributed by atoms with Gasteiger partial charge in [0.25, 0.3) is 0 Å². The van der Waals surface area contributed by atoms with Crippen LogP contribution in [-0.2, 0) is 0 Å². The zero-order valence-corrected chi connectivity index (χ0v) is 17.1. The number of nitrogens with zero attached hydrogens (tertiary/aromatic N) is 5. The van der Waals surface area contributed by atoms with Crippen LogP contribution < -0.4 is 10.2 Å². The van der Waals surface area contributed by atoms with Gasteiger partial charge in [0.05, 0.1) is 11.2 Å². The predicted molar refractivity (Wildman–Crippen MR) is 110 cm³/mol. The molecule has 1 saturated carbocycles. The fourth-order valence-electron chi connectivity index (χ4n) is 4.79. The molecule has 2 saturated heterocycles. The molecule has 0 spiro atoms. The third-order valence-electron chi connectivity index (χ3n) is 6.36. The number of hydrogen-bond donors (Lipinski definition) is 1. The summed E-state index contributed by atoms with van der Waals surface area (Å²) in [5.74, 6) is 2.65. The van der Waals surface area contributed by atoms with Gasteiger partial charge in [-0.1, -0.05) is 6.42 Å². The first kappa shape index (κ1) is 17.4. The maximum atomic E-state index is 4.85. The van der Waals surface area contributed by atoms with Crippen molar-refractivity contribution in [3.8, 4) is 0 Å². The molecule has 5 rings (SSSR count). The molecule has 4 heterocycles. The fourth-order valence-corrected chi connectivity index (χ4v) is 5.44. The van der Waals surface area contributed by atoms with Gasteiger partial charge in [0, 0.05) is 24.8 Å². The molecule has 7 heteroatoms. The number of piperidine rings is 1. The van der Waals surface area contributed by atoms with Crippen LogP contribution in [0.1, 0.15) is 43.4 Å². The Hall–Kier alpha value is -1.73. The largest absolute Gasteiger partial charge is 0.352 e. The first-order chi connectivity index (χ1) is 13.1. The summed E-state index contributed by atoms with van der Waals surface area (Å²) in [5, 5.41) is 4.30. The number of aromatic nitrogens is 3. The monoisotopic (exact) mass is 384 g/mol. The summed E-state index contributed by atoms with van der Waals surface area (Å²) in [5.41, 5.74) is 2.58. The molecule has 0 aromatic carbocycles. The maximum Gasteiger partial charge on any atom is 0.229 e. The van der Waals surface area contributed by atoms with Crippen LogP contribution >= 0.6 is 11.5 Å². The van der Waals surface area contributed by atoms with Crippen molar-refractivity contribution in [1.29, 1.82) is 0 Å². The molecule has 0 bridgehead atoms. The Morgan fingerprint density at radius 3 is 2.59 bits per heavy atom. The Labute approximate surface area is 165 Å². The Balaban J connectivity index is 1.34. The molecule has 3 aliphatic rings. The van der Waals surface area contributed by atoms with Gasteiger partial charge in [-0.05, 0) is 76.1 Å². The van der Waals surface area contributed by atoms with Crippen molar-refractivity contribution in [1.82, 2.24) is 19.2 Å². The highest BCUT2D eigenvalue weighted by molar-refractivity contribution is 7.10. The topological polar surface area (TPSA) is 57.2 Å². The molecule has 2 aromatic rings. The second-order valence-corrected chi connectivity index (χ2v) is 9.24. The third kappa shape index (κ3) is 3.21. The van der Waals surface area contributed by atoms with Crippen LogP contribution in [0.2, 0.25) is 0 Å². The molecule has 27 heavy (non-hydrogen) atoms. The summed E-state index contributed by atoms with van der Waals surface area (Å²) in [7, 11) is 0. The van der Waals surface area contributed by atoms with Crippen molar-refractivity contribution >= 4 is 28.3 Å². The van der Waals surface area contributed by atoms with Crippen LogP contribution in [0.3, 0.4) is 0 Å². The van der Waals surface area contributed by atoms with Crippen LogP contribution in [0.15, 0.2) is 12.3 Å². The van der Waals surface area contributed by atoms with Crippen molar-refractivity contribution in [3.63, 3.8) is 0 Å². The van der Waals surface area contributed by atoms with E-state index < -0.39 is 0 Å². The minimum absolute atomic E-state index is 0.403. The molecule has 6 nitrogen and oxygen atoms in total. The van der Waals surface area contributed by atoms with Gasteiger partial charge in [0.1, 0.15) is 10.8 Å². The van der Waals surface area contributed by atoms with E-state index in [2.05, 4.69) is 31.4 Å². The van der Waals surface area contributed by atoms with E-state index in [1.165, 1.54) is 56.7 Å². The standard InChI is InChI=1S/C20H28N6S/c1-14-11-21-19(22-17-10-15(2)24-27-17)23-18(14)25-12-20(13-25,16-6-7-16)26-8-4-3-5-9-26/h10-11,16H,3-9,12-13H2,1-2H3,(H,21,22,23). The predicted octanol–water partition coefficient (Wildman–Crippen LogP) is 3.75. The summed E-state index contributed by atoms with van der Waals surface area (Å²) in [6.07, 6.45) is 8.89. The number of hydrogen-bond acceptors (Lipinski definition) is 7. The quantitative estimate of drug-likeness (QED) is 0.847. The Morgan fingerprint density at radius 1 is 1.15 bits per heavy atom. The van der Waals surface area contributed by atoms with Crippen LogP contribution in [-0.4, -0.2) is 51.0 Å². The van der Waals surface area contributed by atoms with E-state index >= 15 is 0 Å². The Bertz CT molecular complexity index is 818. The van der Waals surface area contributed by atoms with Crippen LogP contribution in [0.25, 0.3) is 0 Å². The molecule has 0 amide bonds. The second kappa shape index (κ2) is 6.71. The highest BCUT2D eigenvalue weighted by Gasteiger charge is 2.56. The number of aryl methyl sites for hydroxylation is 2. The van der Waals surface area contributed by atoms with Gasteiger partial charge in [-0.15, -0.1) is 0 Å². The first-order valence-corrected chi connectivity index (χ1v) is 11.0. The molecule has 0 unspecified atom stereocenters. The lowest BCUT2D eigenvalue weighted by molar-refractivity contribution is 0.0219. The smallest absolute Gasteiger partial charge is 0.229 e. The van der Waals surface area contributed by atoms with E-state index in [0.29, 0.717) is 11.5 Å². The summed E-state index contributed by atoms with van der Waals surface area (Å²) in [6.45, 7) is 8.92. The van der Waals surface area contributed by atoms with Gasteiger partial charge in [-0.25, -0.2) is 4.98 Å². The lowest BCUT2D eigenvalue weighted by Crippen LogP contribution is -2.72. The van der Waals surface area contributed by atoms with Crippen LogP contribution in [0.5, 0.6) is 0 Å². The van der Waals surface area contributed by atoms with Crippen molar-refractivity contribution in [2.45, 2.75) is 51.5 Å².